The van der Waals surface area contributed by atoms with Gasteiger partial charge in [0.25, 0.3) is 0 Å². The second-order valence-electron chi connectivity index (χ2n) is 5.84. The Kier molecular flexibility index (Phi) is 9.01. The molecule has 0 aromatic heterocycles. The van der Waals surface area contributed by atoms with E-state index in [2.05, 4.69) is 9.84 Å². The van der Waals surface area contributed by atoms with Crippen LogP contribution >= 0.6 is 7.82 Å². The van der Waals surface area contributed by atoms with Gasteiger partial charge in [-0.1, -0.05) is 6.08 Å². The third kappa shape index (κ3) is 11.6. The Morgan fingerprint density at radius 3 is 2.43 bits per heavy atom. The summed E-state index contributed by atoms with van der Waals surface area (Å²) in [6.45, 7) is 2.39. The number of quaternary nitrogens is 1. The van der Waals surface area contributed by atoms with E-state index in [9.17, 15) is 9.36 Å². The quantitative estimate of drug-likeness (QED) is 0.242. The molecule has 0 aliphatic carbocycles. The fourth-order valence-electron chi connectivity index (χ4n) is 1.80. The minimum atomic E-state index is -4.43. The summed E-state index contributed by atoms with van der Waals surface area (Å²) in [5, 5.41) is 2.77. The lowest BCUT2D eigenvalue weighted by Gasteiger charge is -2.34. The second kappa shape index (κ2) is 9.33. The minimum absolute atomic E-state index is 0.0103. The first-order chi connectivity index (χ1) is 9.56. The summed E-state index contributed by atoms with van der Waals surface area (Å²) in [4.78, 5) is 28.8. The molecule has 0 spiro atoms. The zero-order valence-electron chi connectivity index (χ0n) is 13.3. The van der Waals surface area contributed by atoms with Crippen LogP contribution in [0, 0.1) is 0 Å². The molecule has 0 aliphatic rings. The molecule has 0 fully saturated rings. The minimum Gasteiger partial charge on any atom is -0.353 e. The predicted octanol–water partition coefficient (Wildman–Crippen LogP) is 1.03. The van der Waals surface area contributed by atoms with Crippen LogP contribution in [-0.2, 0) is 13.9 Å². The number of nitrogens with zero attached hydrogens (tertiary/aromatic N) is 1. The molecule has 1 unspecified atom stereocenters. The highest BCUT2D eigenvalue weighted by Crippen LogP contribution is 2.36. The third-order valence-corrected chi connectivity index (χ3v) is 3.60. The van der Waals surface area contributed by atoms with Crippen molar-refractivity contribution in [2.24, 2.45) is 0 Å². The van der Waals surface area contributed by atoms with Crippen LogP contribution in [0.1, 0.15) is 26.2 Å². The summed E-state index contributed by atoms with van der Waals surface area (Å²) >= 11 is 0. The molecule has 8 heteroatoms. The highest BCUT2D eigenvalue weighted by Gasteiger charge is 2.27. The van der Waals surface area contributed by atoms with Gasteiger partial charge in [-0.2, -0.15) is 0 Å². The first-order valence-corrected chi connectivity index (χ1v) is 8.51. The number of rotatable bonds is 10. The van der Waals surface area contributed by atoms with Gasteiger partial charge in [-0.25, -0.2) is 4.57 Å². The fraction of sp³-hybridized carbons (Fsp3) is 0.769. The molecule has 124 valence electrons. The van der Waals surface area contributed by atoms with Crippen LogP contribution in [0.2, 0.25) is 0 Å². The lowest BCUT2D eigenvalue weighted by atomic mass is 10.1. The van der Waals surface area contributed by atoms with Crippen molar-refractivity contribution < 1.29 is 28.2 Å². The summed E-state index contributed by atoms with van der Waals surface area (Å²) in [6, 6.07) is -0.0103. The van der Waals surface area contributed by atoms with Crippen LogP contribution in [0.3, 0.4) is 0 Å². The van der Waals surface area contributed by atoms with Crippen molar-refractivity contribution in [3.05, 3.63) is 12.2 Å². The Morgan fingerprint density at radius 2 is 1.95 bits per heavy atom. The number of carbonyl (C=O) groups is 1. The van der Waals surface area contributed by atoms with Crippen molar-refractivity contribution in [3.8, 4) is 0 Å². The van der Waals surface area contributed by atoms with Gasteiger partial charge in [0.05, 0.1) is 21.1 Å². The average molecular weight is 323 g/mol. The van der Waals surface area contributed by atoms with E-state index in [1.807, 2.05) is 21.1 Å². The topological polar surface area (TPSA) is 95.9 Å². The maximum absolute atomic E-state index is 11.2. The Labute approximate surface area is 126 Å². The SMILES string of the molecule is CC=CC(=O)NCCCCC(COP(=O)(O)O)[N+](C)(C)C. The van der Waals surface area contributed by atoms with Crippen LogP contribution in [0.5, 0.6) is 0 Å². The average Bonchev–Trinajstić information content (AvgIpc) is 2.29. The van der Waals surface area contributed by atoms with E-state index >= 15 is 0 Å². The van der Waals surface area contributed by atoms with Crippen LogP contribution in [-0.4, -0.2) is 60.5 Å². The third-order valence-electron chi connectivity index (χ3n) is 3.11. The van der Waals surface area contributed by atoms with Gasteiger partial charge >= 0.3 is 7.82 Å². The summed E-state index contributed by atoms with van der Waals surface area (Å²) in [5.41, 5.74) is 0. The maximum Gasteiger partial charge on any atom is 0.469 e. The van der Waals surface area contributed by atoms with Crippen molar-refractivity contribution >= 4 is 13.7 Å². The molecule has 0 heterocycles. The molecule has 0 aliphatic heterocycles. The lowest BCUT2D eigenvalue weighted by Crippen LogP contribution is -2.47. The van der Waals surface area contributed by atoms with Crippen molar-refractivity contribution in [3.63, 3.8) is 0 Å². The monoisotopic (exact) mass is 323 g/mol. The van der Waals surface area contributed by atoms with E-state index in [-0.39, 0.29) is 18.6 Å². The molecule has 3 N–H and O–H groups in total. The van der Waals surface area contributed by atoms with E-state index in [0.29, 0.717) is 11.0 Å². The van der Waals surface area contributed by atoms with Crippen molar-refractivity contribution in [1.29, 1.82) is 0 Å². The van der Waals surface area contributed by atoms with Gasteiger partial charge in [0.2, 0.25) is 5.91 Å². The zero-order chi connectivity index (χ0) is 16.5. The summed E-state index contributed by atoms with van der Waals surface area (Å²) in [7, 11) is 1.45. The number of allylic oxidation sites excluding steroid dienone is 1. The van der Waals surface area contributed by atoms with Crippen LogP contribution in [0.4, 0.5) is 0 Å². The van der Waals surface area contributed by atoms with Gasteiger partial charge in [0.1, 0.15) is 12.6 Å². The Balaban J connectivity index is 4.09. The van der Waals surface area contributed by atoms with E-state index in [1.165, 1.54) is 6.08 Å². The van der Waals surface area contributed by atoms with Crippen LogP contribution < -0.4 is 5.32 Å². The highest BCUT2D eigenvalue weighted by molar-refractivity contribution is 7.46. The lowest BCUT2D eigenvalue weighted by molar-refractivity contribution is -0.896. The highest BCUT2D eigenvalue weighted by atomic mass is 31.2. The number of carbonyl (C=O) groups excluding carboxylic acids is 1. The molecular formula is C13H28N2O5P+. The van der Waals surface area contributed by atoms with Gasteiger partial charge in [0, 0.05) is 13.0 Å². The molecule has 0 saturated carbocycles. The molecule has 0 radical (unpaired) electrons. The first kappa shape index (κ1) is 20.3. The number of hydrogen-bond acceptors (Lipinski definition) is 3. The molecule has 0 aromatic rings. The van der Waals surface area contributed by atoms with Gasteiger partial charge in [-0.15, -0.1) is 0 Å². The van der Waals surface area contributed by atoms with Gasteiger partial charge in [0.15, 0.2) is 0 Å². The molecule has 0 rings (SSSR count). The van der Waals surface area contributed by atoms with Crippen LogP contribution in [0.15, 0.2) is 12.2 Å². The van der Waals surface area contributed by atoms with Gasteiger partial charge in [-0.05, 0) is 25.8 Å². The maximum atomic E-state index is 11.2. The van der Waals surface area contributed by atoms with E-state index in [1.54, 1.807) is 13.0 Å². The molecular weight excluding hydrogens is 295 g/mol. The largest absolute Gasteiger partial charge is 0.469 e. The van der Waals surface area contributed by atoms with Gasteiger partial charge < -0.3 is 19.6 Å². The van der Waals surface area contributed by atoms with Crippen molar-refractivity contribution in [2.75, 3.05) is 34.3 Å². The van der Waals surface area contributed by atoms with Crippen molar-refractivity contribution in [1.82, 2.24) is 5.32 Å². The number of phosphoric ester groups is 1. The summed E-state index contributed by atoms with van der Waals surface area (Å²) in [5.74, 6) is -0.106. The molecule has 0 bridgehead atoms. The first-order valence-electron chi connectivity index (χ1n) is 6.98. The molecule has 21 heavy (non-hydrogen) atoms. The Morgan fingerprint density at radius 1 is 1.33 bits per heavy atom. The van der Waals surface area contributed by atoms with E-state index < -0.39 is 7.82 Å². The molecule has 1 amide bonds. The zero-order valence-corrected chi connectivity index (χ0v) is 14.2. The van der Waals surface area contributed by atoms with Crippen molar-refractivity contribution in [2.45, 2.75) is 32.2 Å². The van der Waals surface area contributed by atoms with Crippen LogP contribution in [0.25, 0.3) is 0 Å². The summed E-state index contributed by atoms with van der Waals surface area (Å²) in [6.07, 6.45) is 5.59. The number of hydrogen-bond donors (Lipinski definition) is 3. The summed E-state index contributed by atoms with van der Waals surface area (Å²) < 4.78 is 16.0. The Bertz CT molecular complexity index is 387. The number of phosphoric acid groups is 1. The predicted molar refractivity (Wildman–Crippen MR) is 81.5 cm³/mol. The number of likely N-dealkylation sites (N-methyl/N-ethyl adjacent to an activating group) is 1. The smallest absolute Gasteiger partial charge is 0.353 e. The molecule has 7 nitrogen and oxygen atoms in total. The molecule has 1 atom stereocenters. The normalized spacial score (nSPS) is 14.4. The fourth-order valence-corrected chi connectivity index (χ4v) is 2.17. The van der Waals surface area contributed by atoms with Gasteiger partial charge in [-0.3, -0.25) is 9.32 Å². The standard InChI is InChI=1S/C13H27N2O5P/c1-5-8-13(16)14-10-7-6-9-12(15(2,3)4)11-20-21(17,18)19/h5,8,12H,6-7,9-11H2,1-4H3,(H2-,14,16,17,18,19)/p+1. The number of amides is 1. The van der Waals surface area contributed by atoms with E-state index in [0.717, 1.165) is 19.3 Å². The molecule has 0 saturated heterocycles. The Hall–Kier alpha value is -0.720. The number of unbranched alkanes of at least 4 members (excludes halogenated alkanes) is 1. The van der Waals surface area contributed by atoms with E-state index in [4.69, 9.17) is 9.79 Å². The second-order valence-corrected chi connectivity index (χ2v) is 7.08. The number of nitrogens with one attached hydrogen (secondary N) is 1. The molecule has 0 aromatic carbocycles.